The van der Waals surface area contributed by atoms with E-state index in [1.54, 1.807) is 31.4 Å². The van der Waals surface area contributed by atoms with Crippen molar-refractivity contribution in [1.29, 1.82) is 0 Å². The number of nitrogens with one attached hydrogen (secondary N) is 2. The molecule has 0 saturated carbocycles. The summed E-state index contributed by atoms with van der Waals surface area (Å²) in [5.74, 6) is 0.574. The van der Waals surface area contributed by atoms with Crippen molar-refractivity contribution < 1.29 is 9.53 Å². The number of ether oxygens (including phenoxy) is 1. The second-order valence-electron chi connectivity index (χ2n) is 5.70. The zero-order chi connectivity index (χ0) is 17.6. The van der Waals surface area contributed by atoms with Gasteiger partial charge in [-0.15, -0.1) is 0 Å². The Bertz CT molecular complexity index is 856. The molecule has 4 nitrogen and oxygen atoms in total. The first-order chi connectivity index (χ1) is 12.2. The molecule has 3 aromatic rings. The topological polar surface area (TPSA) is 50.4 Å². The molecule has 0 aromatic heterocycles. The van der Waals surface area contributed by atoms with Crippen LogP contribution in [0.3, 0.4) is 0 Å². The third-order valence-electron chi connectivity index (χ3n) is 3.92. The molecule has 3 rings (SSSR count). The zero-order valence-electron chi connectivity index (χ0n) is 14.2. The van der Waals surface area contributed by atoms with Gasteiger partial charge in [0, 0.05) is 22.6 Å². The molecule has 0 aliphatic carbocycles. The van der Waals surface area contributed by atoms with Crippen molar-refractivity contribution in [3.8, 4) is 5.75 Å². The van der Waals surface area contributed by atoms with Gasteiger partial charge < -0.3 is 15.4 Å². The smallest absolute Gasteiger partial charge is 0.255 e. The Balaban J connectivity index is 1.65. The molecule has 0 atom stereocenters. The number of hydrogen-bond acceptors (Lipinski definition) is 3. The summed E-state index contributed by atoms with van der Waals surface area (Å²) in [6.45, 7) is 2.06. The van der Waals surface area contributed by atoms with Crippen LogP contribution in [-0.2, 0) is 0 Å². The highest BCUT2D eigenvalue weighted by atomic mass is 16.5. The van der Waals surface area contributed by atoms with E-state index in [1.165, 1.54) is 5.56 Å². The van der Waals surface area contributed by atoms with Crippen LogP contribution in [0.2, 0.25) is 0 Å². The van der Waals surface area contributed by atoms with Crippen LogP contribution in [-0.4, -0.2) is 13.0 Å². The predicted octanol–water partition coefficient (Wildman–Crippen LogP) is 5.00. The molecule has 0 spiro atoms. The lowest BCUT2D eigenvalue weighted by Crippen LogP contribution is -2.11. The fourth-order valence-electron chi connectivity index (χ4n) is 2.45. The molecule has 4 heteroatoms. The van der Waals surface area contributed by atoms with Gasteiger partial charge in [0.2, 0.25) is 0 Å². The van der Waals surface area contributed by atoms with Gasteiger partial charge in [-0.1, -0.05) is 18.2 Å². The van der Waals surface area contributed by atoms with E-state index in [2.05, 4.69) is 23.6 Å². The van der Waals surface area contributed by atoms with Crippen LogP contribution < -0.4 is 15.4 Å². The summed E-state index contributed by atoms with van der Waals surface area (Å²) in [7, 11) is 1.60. The lowest BCUT2D eigenvalue weighted by atomic mass is 10.2. The Morgan fingerprint density at radius 1 is 0.840 bits per heavy atom. The van der Waals surface area contributed by atoms with Crippen molar-refractivity contribution in [3.63, 3.8) is 0 Å². The van der Waals surface area contributed by atoms with Crippen molar-refractivity contribution in [1.82, 2.24) is 0 Å². The van der Waals surface area contributed by atoms with E-state index in [0.29, 0.717) is 5.56 Å². The average molecular weight is 332 g/mol. The van der Waals surface area contributed by atoms with Crippen LogP contribution in [0.25, 0.3) is 0 Å². The first-order valence-electron chi connectivity index (χ1n) is 8.04. The van der Waals surface area contributed by atoms with Gasteiger partial charge in [-0.05, 0) is 67.1 Å². The zero-order valence-corrected chi connectivity index (χ0v) is 14.2. The fourth-order valence-corrected chi connectivity index (χ4v) is 2.45. The van der Waals surface area contributed by atoms with Crippen LogP contribution >= 0.6 is 0 Å². The summed E-state index contributed by atoms with van der Waals surface area (Å²) < 4.78 is 5.10. The molecular weight excluding hydrogens is 312 g/mol. The number of hydrogen-bond donors (Lipinski definition) is 2. The summed E-state index contributed by atoms with van der Waals surface area (Å²) in [6, 6.07) is 22.8. The minimum absolute atomic E-state index is 0.151. The molecule has 0 aliphatic heterocycles. The SMILES string of the molecule is COc1ccc(C(=O)Nc2ccc(Nc3ccccc3C)cc2)cc1. The summed E-state index contributed by atoms with van der Waals surface area (Å²) in [6.07, 6.45) is 0. The van der Waals surface area contributed by atoms with Crippen LogP contribution in [0.1, 0.15) is 15.9 Å². The molecule has 0 unspecified atom stereocenters. The van der Waals surface area contributed by atoms with Crippen LogP contribution in [0.15, 0.2) is 72.8 Å². The van der Waals surface area contributed by atoms with Gasteiger partial charge in [0.1, 0.15) is 5.75 Å². The highest BCUT2D eigenvalue weighted by molar-refractivity contribution is 6.04. The average Bonchev–Trinajstić information content (AvgIpc) is 2.65. The number of para-hydroxylation sites is 1. The number of amides is 1. The highest BCUT2D eigenvalue weighted by Gasteiger charge is 2.06. The molecule has 126 valence electrons. The Kier molecular flexibility index (Phi) is 5.00. The molecular formula is C21H20N2O2. The maximum atomic E-state index is 12.3. The van der Waals surface area contributed by atoms with Gasteiger partial charge in [0.25, 0.3) is 5.91 Å². The summed E-state index contributed by atoms with van der Waals surface area (Å²) >= 11 is 0. The van der Waals surface area contributed by atoms with Gasteiger partial charge in [-0.25, -0.2) is 0 Å². The van der Waals surface area contributed by atoms with Crippen molar-refractivity contribution in [2.45, 2.75) is 6.92 Å². The van der Waals surface area contributed by atoms with Gasteiger partial charge in [-0.2, -0.15) is 0 Å². The molecule has 25 heavy (non-hydrogen) atoms. The Labute approximate surface area is 147 Å². The van der Waals surface area contributed by atoms with E-state index in [1.807, 2.05) is 42.5 Å². The van der Waals surface area contributed by atoms with Crippen molar-refractivity contribution in [3.05, 3.63) is 83.9 Å². The Hall–Kier alpha value is -3.27. The minimum Gasteiger partial charge on any atom is -0.497 e. The van der Waals surface area contributed by atoms with E-state index in [0.717, 1.165) is 22.8 Å². The molecule has 2 N–H and O–H groups in total. The number of aryl methyl sites for hydroxylation is 1. The highest BCUT2D eigenvalue weighted by Crippen LogP contribution is 2.22. The Morgan fingerprint density at radius 3 is 2.12 bits per heavy atom. The number of anilines is 3. The van der Waals surface area contributed by atoms with Crippen LogP contribution in [0.5, 0.6) is 5.75 Å². The van der Waals surface area contributed by atoms with E-state index in [4.69, 9.17) is 4.74 Å². The van der Waals surface area contributed by atoms with Crippen molar-refractivity contribution >= 4 is 23.0 Å². The first-order valence-corrected chi connectivity index (χ1v) is 8.04. The summed E-state index contributed by atoms with van der Waals surface area (Å²) in [4.78, 5) is 12.3. The summed E-state index contributed by atoms with van der Waals surface area (Å²) in [5.41, 5.74) is 4.55. The van der Waals surface area contributed by atoms with E-state index in [-0.39, 0.29) is 5.91 Å². The van der Waals surface area contributed by atoms with Gasteiger partial charge in [-0.3, -0.25) is 4.79 Å². The first kappa shape index (κ1) is 16.6. The molecule has 0 heterocycles. The minimum atomic E-state index is -0.151. The van der Waals surface area contributed by atoms with Crippen LogP contribution in [0, 0.1) is 6.92 Å². The largest absolute Gasteiger partial charge is 0.497 e. The molecule has 0 fully saturated rings. The van der Waals surface area contributed by atoms with Crippen LogP contribution in [0.4, 0.5) is 17.1 Å². The molecule has 0 aliphatic rings. The third-order valence-corrected chi connectivity index (χ3v) is 3.92. The van der Waals surface area contributed by atoms with Gasteiger partial charge in [0.05, 0.1) is 7.11 Å². The Morgan fingerprint density at radius 2 is 1.48 bits per heavy atom. The number of carbonyl (C=O) groups excluding carboxylic acids is 1. The molecule has 0 radical (unpaired) electrons. The quantitative estimate of drug-likeness (QED) is 0.691. The number of benzene rings is 3. The number of rotatable bonds is 5. The lowest BCUT2D eigenvalue weighted by molar-refractivity contribution is 0.102. The maximum Gasteiger partial charge on any atom is 0.255 e. The lowest BCUT2D eigenvalue weighted by Gasteiger charge is -2.11. The van der Waals surface area contributed by atoms with Gasteiger partial charge >= 0.3 is 0 Å². The molecule has 0 bridgehead atoms. The summed E-state index contributed by atoms with van der Waals surface area (Å²) in [5, 5.41) is 6.26. The maximum absolute atomic E-state index is 12.3. The second-order valence-corrected chi connectivity index (χ2v) is 5.70. The molecule has 0 saturated heterocycles. The van der Waals surface area contributed by atoms with E-state index in [9.17, 15) is 4.79 Å². The van der Waals surface area contributed by atoms with Crippen molar-refractivity contribution in [2.24, 2.45) is 0 Å². The molecule has 1 amide bonds. The predicted molar refractivity (Wildman–Crippen MR) is 102 cm³/mol. The van der Waals surface area contributed by atoms with E-state index >= 15 is 0 Å². The van der Waals surface area contributed by atoms with Crippen molar-refractivity contribution in [2.75, 3.05) is 17.7 Å². The fraction of sp³-hybridized carbons (Fsp3) is 0.0952. The second kappa shape index (κ2) is 7.53. The number of carbonyl (C=O) groups is 1. The standard InChI is InChI=1S/C21H20N2O2/c1-15-5-3-4-6-20(15)22-17-9-11-18(12-10-17)23-21(24)16-7-13-19(25-2)14-8-16/h3-14,22H,1-2H3,(H,23,24). The monoisotopic (exact) mass is 332 g/mol. The third kappa shape index (κ3) is 4.18. The normalized spacial score (nSPS) is 10.2. The number of methoxy groups -OCH3 is 1. The molecule has 3 aromatic carbocycles. The van der Waals surface area contributed by atoms with Gasteiger partial charge in [0.15, 0.2) is 0 Å². The van der Waals surface area contributed by atoms with E-state index < -0.39 is 0 Å².